The van der Waals surface area contributed by atoms with Gasteiger partial charge >= 0.3 is 5.97 Å². The summed E-state index contributed by atoms with van der Waals surface area (Å²) < 4.78 is 0. The highest BCUT2D eigenvalue weighted by Crippen LogP contribution is 2.07. The molecule has 0 radical (unpaired) electrons. The normalized spacial score (nSPS) is 9.75. The summed E-state index contributed by atoms with van der Waals surface area (Å²) in [6.07, 6.45) is 10.1. The van der Waals surface area contributed by atoms with Gasteiger partial charge in [0.05, 0.1) is 0 Å². The van der Waals surface area contributed by atoms with E-state index in [9.17, 15) is 4.79 Å². The number of aromatic nitrogens is 2. The van der Waals surface area contributed by atoms with Crippen LogP contribution in [0.4, 0.5) is 0 Å². The number of nitrogens with zero attached hydrogens (tertiary/aromatic N) is 1. The van der Waals surface area contributed by atoms with Crippen LogP contribution < -0.4 is 0 Å². The van der Waals surface area contributed by atoms with Crippen molar-refractivity contribution in [1.29, 1.82) is 0 Å². The topological polar surface area (TPSA) is 66.0 Å². The lowest BCUT2D eigenvalue weighted by molar-refractivity contribution is -0.137. The van der Waals surface area contributed by atoms with Gasteiger partial charge in [-0.15, -0.1) is 12.4 Å². The van der Waals surface area contributed by atoms with Gasteiger partial charge in [0.15, 0.2) is 0 Å². The Balaban J connectivity index is 0.00000225. The SMILES string of the molecule is Cl.O=C(O)CCCCCCCc1ncc[nH]1. The Morgan fingerprint density at radius 2 is 1.94 bits per heavy atom. The molecule has 0 bridgehead atoms. The van der Waals surface area contributed by atoms with Crippen LogP contribution in [0.25, 0.3) is 0 Å². The van der Waals surface area contributed by atoms with Crippen LogP contribution in [-0.2, 0) is 11.2 Å². The zero-order chi connectivity index (χ0) is 10.9. The molecule has 1 aromatic heterocycles. The van der Waals surface area contributed by atoms with E-state index >= 15 is 0 Å². The molecule has 2 N–H and O–H groups in total. The fourth-order valence-corrected chi connectivity index (χ4v) is 1.53. The van der Waals surface area contributed by atoms with E-state index in [1.54, 1.807) is 6.20 Å². The second-order valence-electron chi connectivity index (χ2n) is 3.70. The van der Waals surface area contributed by atoms with Crippen LogP contribution in [0.15, 0.2) is 12.4 Å². The minimum absolute atomic E-state index is 0. The molecule has 0 aromatic carbocycles. The van der Waals surface area contributed by atoms with Crippen LogP contribution in [0.1, 0.15) is 44.3 Å². The molecule has 0 amide bonds. The highest BCUT2D eigenvalue weighted by molar-refractivity contribution is 5.85. The fraction of sp³-hybridized carbons (Fsp3) is 0.636. The maximum Gasteiger partial charge on any atom is 0.303 e. The summed E-state index contributed by atoms with van der Waals surface area (Å²) in [7, 11) is 0. The first-order valence-corrected chi connectivity index (χ1v) is 5.49. The number of aliphatic carboxylic acids is 1. The number of hydrogen-bond donors (Lipinski definition) is 2. The molecule has 0 atom stereocenters. The van der Waals surface area contributed by atoms with Crippen LogP contribution in [-0.4, -0.2) is 21.0 Å². The summed E-state index contributed by atoms with van der Waals surface area (Å²) in [6.45, 7) is 0. The van der Waals surface area contributed by atoms with Crippen molar-refractivity contribution in [1.82, 2.24) is 9.97 Å². The molecule has 4 nitrogen and oxygen atoms in total. The second-order valence-corrected chi connectivity index (χ2v) is 3.70. The maximum atomic E-state index is 10.2. The third kappa shape index (κ3) is 7.29. The van der Waals surface area contributed by atoms with Gasteiger partial charge in [-0.1, -0.05) is 19.3 Å². The van der Waals surface area contributed by atoms with Crippen LogP contribution in [0.5, 0.6) is 0 Å². The first kappa shape index (κ1) is 15.0. The molecule has 16 heavy (non-hydrogen) atoms. The lowest BCUT2D eigenvalue weighted by atomic mass is 10.1. The second kappa shape index (κ2) is 9.21. The Morgan fingerprint density at radius 3 is 2.56 bits per heavy atom. The first-order valence-electron chi connectivity index (χ1n) is 5.49. The Kier molecular flexibility index (Phi) is 8.62. The molecule has 0 aliphatic heterocycles. The largest absolute Gasteiger partial charge is 0.481 e. The summed E-state index contributed by atoms with van der Waals surface area (Å²) in [4.78, 5) is 17.4. The molecule has 0 aliphatic rings. The van der Waals surface area contributed by atoms with Crippen molar-refractivity contribution in [3.63, 3.8) is 0 Å². The minimum Gasteiger partial charge on any atom is -0.481 e. The number of unbranched alkanes of at least 4 members (excludes halogenated alkanes) is 4. The number of H-pyrrole nitrogens is 1. The average molecular weight is 247 g/mol. The number of aromatic amines is 1. The molecule has 0 unspecified atom stereocenters. The van der Waals surface area contributed by atoms with Crippen molar-refractivity contribution in [3.05, 3.63) is 18.2 Å². The summed E-state index contributed by atoms with van der Waals surface area (Å²) in [5.74, 6) is 0.353. The predicted molar refractivity (Wildman–Crippen MR) is 64.9 cm³/mol. The highest BCUT2D eigenvalue weighted by atomic mass is 35.5. The number of aryl methyl sites for hydroxylation is 1. The van der Waals surface area contributed by atoms with Crippen molar-refractivity contribution in [2.75, 3.05) is 0 Å². The van der Waals surface area contributed by atoms with Gasteiger partial charge in [-0.25, -0.2) is 4.98 Å². The average Bonchev–Trinajstić information content (AvgIpc) is 2.68. The van der Waals surface area contributed by atoms with Gasteiger partial charge in [0.1, 0.15) is 5.82 Å². The quantitative estimate of drug-likeness (QED) is 0.693. The minimum atomic E-state index is -0.689. The van der Waals surface area contributed by atoms with Gasteiger partial charge in [0, 0.05) is 25.2 Å². The van der Waals surface area contributed by atoms with E-state index < -0.39 is 5.97 Å². The monoisotopic (exact) mass is 246 g/mol. The summed E-state index contributed by atoms with van der Waals surface area (Å²) in [5.41, 5.74) is 0. The molecule has 5 heteroatoms. The summed E-state index contributed by atoms with van der Waals surface area (Å²) in [5, 5.41) is 8.43. The van der Waals surface area contributed by atoms with Gasteiger partial charge in [0.2, 0.25) is 0 Å². The highest BCUT2D eigenvalue weighted by Gasteiger charge is 1.97. The molecule has 0 saturated carbocycles. The van der Waals surface area contributed by atoms with Gasteiger partial charge in [0.25, 0.3) is 0 Å². The zero-order valence-corrected chi connectivity index (χ0v) is 10.1. The van der Waals surface area contributed by atoms with E-state index in [4.69, 9.17) is 5.11 Å². The predicted octanol–water partition coefficient (Wildman–Crippen LogP) is 2.80. The van der Waals surface area contributed by atoms with Gasteiger partial charge in [-0.3, -0.25) is 4.79 Å². The van der Waals surface area contributed by atoms with Crippen molar-refractivity contribution >= 4 is 18.4 Å². The maximum absolute atomic E-state index is 10.2. The van der Waals surface area contributed by atoms with Crippen molar-refractivity contribution in [3.8, 4) is 0 Å². The molecule has 92 valence electrons. The fourth-order valence-electron chi connectivity index (χ4n) is 1.53. The first-order chi connectivity index (χ1) is 7.29. The molecular formula is C11H19ClN2O2. The lowest BCUT2D eigenvalue weighted by Gasteiger charge is -1.99. The lowest BCUT2D eigenvalue weighted by Crippen LogP contribution is -1.94. The number of imidazole rings is 1. The van der Waals surface area contributed by atoms with Crippen LogP contribution in [0.2, 0.25) is 0 Å². The molecule has 1 aromatic rings. The number of halogens is 1. The molecule has 1 heterocycles. The van der Waals surface area contributed by atoms with E-state index in [0.29, 0.717) is 6.42 Å². The Hall–Kier alpha value is -1.03. The van der Waals surface area contributed by atoms with Crippen LogP contribution in [0, 0.1) is 0 Å². The van der Waals surface area contributed by atoms with E-state index in [-0.39, 0.29) is 12.4 Å². The Morgan fingerprint density at radius 1 is 1.25 bits per heavy atom. The number of rotatable bonds is 8. The molecule has 0 spiro atoms. The number of carbonyl (C=O) groups is 1. The van der Waals surface area contributed by atoms with Crippen molar-refractivity contribution in [2.24, 2.45) is 0 Å². The number of nitrogens with one attached hydrogen (secondary N) is 1. The summed E-state index contributed by atoms with van der Waals surface area (Å²) >= 11 is 0. The molecule has 0 fully saturated rings. The number of carboxylic acid groups (broad SMARTS) is 1. The molecule has 1 rings (SSSR count). The Bertz CT molecular complexity index is 276. The number of carboxylic acids is 1. The third-order valence-corrected chi connectivity index (χ3v) is 2.36. The van der Waals surface area contributed by atoms with Crippen molar-refractivity contribution < 1.29 is 9.90 Å². The van der Waals surface area contributed by atoms with Crippen molar-refractivity contribution in [2.45, 2.75) is 44.9 Å². The van der Waals surface area contributed by atoms with Gasteiger partial charge in [-0.05, 0) is 12.8 Å². The van der Waals surface area contributed by atoms with E-state index in [2.05, 4.69) is 9.97 Å². The Labute approximate surface area is 102 Å². The van der Waals surface area contributed by atoms with Gasteiger partial charge < -0.3 is 10.1 Å². The zero-order valence-electron chi connectivity index (χ0n) is 9.32. The van der Waals surface area contributed by atoms with E-state index in [1.165, 1.54) is 0 Å². The smallest absolute Gasteiger partial charge is 0.303 e. The summed E-state index contributed by atoms with van der Waals surface area (Å²) in [6, 6.07) is 0. The van der Waals surface area contributed by atoms with Crippen LogP contribution >= 0.6 is 12.4 Å². The number of hydrogen-bond acceptors (Lipinski definition) is 2. The third-order valence-electron chi connectivity index (χ3n) is 2.36. The molecule has 0 aliphatic carbocycles. The molecule has 0 saturated heterocycles. The molecular weight excluding hydrogens is 228 g/mol. The van der Waals surface area contributed by atoms with E-state index in [0.717, 1.165) is 44.3 Å². The van der Waals surface area contributed by atoms with Gasteiger partial charge in [-0.2, -0.15) is 0 Å². The van der Waals surface area contributed by atoms with Crippen LogP contribution in [0.3, 0.4) is 0 Å². The van der Waals surface area contributed by atoms with E-state index in [1.807, 2.05) is 6.20 Å². The standard InChI is InChI=1S/C11H18N2O2.ClH/c14-11(15)7-5-3-1-2-4-6-10-12-8-9-13-10;/h8-9H,1-7H2,(H,12,13)(H,14,15);1H.